The fraction of sp³-hybridized carbons (Fsp3) is 0.286. The van der Waals surface area contributed by atoms with Crippen molar-refractivity contribution in [2.75, 3.05) is 13.1 Å². The Morgan fingerprint density at radius 3 is 2.72 bits per heavy atom. The minimum absolute atomic E-state index is 0.0419. The smallest absolute Gasteiger partial charge is 0.258 e. The van der Waals surface area contributed by atoms with Gasteiger partial charge in [0, 0.05) is 11.6 Å². The van der Waals surface area contributed by atoms with E-state index in [0.29, 0.717) is 23.3 Å². The lowest BCUT2D eigenvalue weighted by atomic mass is 10.1. The molecule has 0 aliphatic heterocycles. The Bertz CT molecular complexity index is 1080. The van der Waals surface area contributed by atoms with E-state index in [4.69, 9.17) is 0 Å². The molecular formula is C21H22F2N4O2. The largest absolute Gasteiger partial charge is 0.348 e. The number of hydrogen-bond donors (Lipinski definition) is 2. The second kappa shape index (κ2) is 8.91. The zero-order valence-electron chi connectivity index (χ0n) is 16.2. The van der Waals surface area contributed by atoms with Crippen LogP contribution in [0, 0.1) is 11.6 Å². The number of aromatic nitrogens is 2. The zero-order valence-corrected chi connectivity index (χ0v) is 16.2. The summed E-state index contributed by atoms with van der Waals surface area (Å²) in [5.74, 6) is -1.23. The van der Waals surface area contributed by atoms with Gasteiger partial charge in [-0.2, -0.15) is 0 Å². The third-order valence-corrected chi connectivity index (χ3v) is 4.66. The Morgan fingerprint density at radius 2 is 2.00 bits per heavy atom. The molecule has 0 saturated heterocycles. The molecule has 1 aromatic heterocycles. The number of carbonyl (C=O) groups is 1. The summed E-state index contributed by atoms with van der Waals surface area (Å²) in [4.78, 5) is 33.6. The molecule has 1 heterocycles. The molecule has 8 heteroatoms. The van der Waals surface area contributed by atoms with Gasteiger partial charge in [0.1, 0.15) is 17.5 Å². The molecule has 0 spiro atoms. The third-order valence-electron chi connectivity index (χ3n) is 4.66. The number of nitrogens with zero attached hydrogens (tertiary/aromatic N) is 2. The van der Waals surface area contributed by atoms with Crippen molar-refractivity contribution in [3.05, 3.63) is 75.8 Å². The van der Waals surface area contributed by atoms with Gasteiger partial charge < -0.3 is 10.3 Å². The lowest BCUT2D eigenvalue weighted by molar-refractivity contribution is -0.123. The summed E-state index contributed by atoms with van der Waals surface area (Å²) in [6, 6.07) is 9.69. The second-order valence-corrected chi connectivity index (χ2v) is 6.79. The first-order chi connectivity index (χ1) is 13.9. The fourth-order valence-corrected chi connectivity index (χ4v) is 3.12. The number of rotatable bonds is 7. The minimum Gasteiger partial charge on any atom is -0.348 e. The molecule has 6 nitrogen and oxygen atoms in total. The van der Waals surface area contributed by atoms with Gasteiger partial charge in [-0.3, -0.25) is 14.5 Å². The molecule has 0 bridgehead atoms. The molecule has 0 aliphatic carbocycles. The van der Waals surface area contributed by atoms with Crippen LogP contribution in [0.1, 0.15) is 31.3 Å². The Kier molecular flexibility index (Phi) is 6.33. The number of fused-ring (bicyclic) bond motifs is 1. The molecule has 0 saturated carbocycles. The fourth-order valence-electron chi connectivity index (χ4n) is 3.12. The van der Waals surface area contributed by atoms with E-state index in [1.807, 2.05) is 6.92 Å². The predicted molar refractivity (Wildman–Crippen MR) is 106 cm³/mol. The van der Waals surface area contributed by atoms with Crippen molar-refractivity contribution in [2.24, 2.45) is 0 Å². The molecule has 0 aliphatic rings. The van der Waals surface area contributed by atoms with Gasteiger partial charge in [-0.05, 0) is 31.7 Å². The van der Waals surface area contributed by atoms with Gasteiger partial charge in [-0.15, -0.1) is 0 Å². The van der Waals surface area contributed by atoms with Crippen molar-refractivity contribution in [3.8, 4) is 0 Å². The summed E-state index contributed by atoms with van der Waals surface area (Å²) < 4.78 is 26.9. The van der Waals surface area contributed by atoms with Crippen molar-refractivity contribution in [1.29, 1.82) is 0 Å². The number of H-pyrrole nitrogens is 1. The maximum Gasteiger partial charge on any atom is 0.258 e. The number of likely N-dealkylation sites (N-methyl/N-ethyl adjacent to an activating group) is 1. The van der Waals surface area contributed by atoms with Crippen LogP contribution in [-0.2, 0) is 11.3 Å². The number of para-hydroxylation sites is 1. The molecular weight excluding hydrogens is 378 g/mol. The van der Waals surface area contributed by atoms with Gasteiger partial charge in [-0.1, -0.05) is 25.1 Å². The molecule has 3 rings (SSSR count). The average Bonchev–Trinajstić information content (AvgIpc) is 2.67. The Hall–Kier alpha value is -3.13. The molecule has 0 unspecified atom stereocenters. The Balaban J connectivity index is 1.66. The SMILES string of the molecule is CCN(CC(=O)N[C@H](C)c1ccc(F)cc1F)Cc1nc2ccccc2c(=O)[nH]1. The summed E-state index contributed by atoms with van der Waals surface area (Å²) >= 11 is 0. The van der Waals surface area contributed by atoms with Crippen LogP contribution >= 0.6 is 0 Å². The standard InChI is InChI=1S/C21H22F2N4O2/c1-3-27(11-19-25-18-7-5-4-6-16(18)21(29)26-19)12-20(28)24-13(2)15-9-8-14(22)10-17(15)23/h4-10,13H,3,11-12H2,1-2H3,(H,24,28)(H,25,26,29)/t13-/m1/s1. The number of benzene rings is 2. The summed E-state index contributed by atoms with van der Waals surface area (Å²) in [5.41, 5.74) is 0.571. The Labute approximate surface area is 166 Å². The van der Waals surface area contributed by atoms with Crippen LogP contribution in [0.25, 0.3) is 10.9 Å². The normalized spacial score (nSPS) is 12.3. The van der Waals surface area contributed by atoms with Gasteiger partial charge in [0.15, 0.2) is 0 Å². The third kappa shape index (κ3) is 5.03. The molecule has 2 N–H and O–H groups in total. The van der Waals surface area contributed by atoms with E-state index in [0.717, 1.165) is 12.1 Å². The highest BCUT2D eigenvalue weighted by atomic mass is 19.1. The molecule has 1 atom stereocenters. The van der Waals surface area contributed by atoms with Gasteiger partial charge in [0.05, 0.1) is 30.0 Å². The van der Waals surface area contributed by atoms with Crippen molar-refractivity contribution in [3.63, 3.8) is 0 Å². The van der Waals surface area contributed by atoms with E-state index in [1.54, 1.807) is 36.1 Å². The Morgan fingerprint density at radius 1 is 1.24 bits per heavy atom. The summed E-state index contributed by atoms with van der Waals surface area (Å²) in [6.07, 6.45) is 0. The first kappa shape index (κ1) is 20.6. The minimum atomic E-state index is -0.705. The van der Waals surface area contributed by atoms with Gasteiger partial charge in [0.2, 0.25) is 5.91 Å². The first-order valence-electron chi connectivity index (χ1n) is 9.32. The number of halogens is 2. The van der Waals surface area contributed by atoms with Gasteiger partial charge in [-0.25, -0.2) is 13.8 Å². The highest BCUT2D eigenvalue weighted by Gasteiger charge is 2.17. The van der Waals surface area contributed by atoms with Crippen molar-refractivity contribution < 1.29 is 13.6 Å². The van der Waals surface area contributed by atoms with Crippen LogP contribution in [0.3, 0.4) is 0 Å². The topological polar surface area (TPSA) is 78.1 Å². The molecule has 2 aromatic carbocycles. The maximum absolute atomic E-state index is 13.9. The van der Waals surface area contributed by atoms with Crippen molar-refractivity contribution >= 4 is 16.8 Å². The summed E-state index contributed by atoms with van der Waals surface area (Å²) in [5, 5.41) is 3.22. The quantitative estimate of drug-likeness (QED) is 0.639. The maximum atomic E-state index is 13.9. The monoisotopic (exact) mass is 400 g/mol. The van der Waals surface area contributed by atoms with Crippen LogP contribution in [0.2, 0.25) is 0 Å². The number of amides is 1. The average molecular weight is 400 g/mol. The number of aromatic amines is 1. The van der Waals surface area contributed by atoms with Crippen molar-refractivity contribution in [1.82, 2.24) is 20.2 Å². The molecule has 152 valence electrons. The van der Waals surface area contributed by atoms with Crippen LogP contribution in [-0.4, -0.2) is 33.9 Å². The highest BCUT2D eigenvalue weighted by Crippen LogP contribution is 2.17. The molecule has 3 aromatic rings. The molecule has 1 amide bonds. The summed E-state index contributed by atoms with van der Waals surface area (Å²) in [7, 11) is 0. The molecule has 0 radical (unpaired) electrons. The lowest BCUT2D eigenvalue weighted by Gasteiger charge is -2.21. The van der Waals surface area contributed by atoms with E-state index in [2.05, 4.69) is 15.3 Å². The predicted octanol–water partition coefficient (Wildman–Crippen LogP) is 2.90. The molecule has 0 fully saturated rings. The highest BCUT2D eigenvalue weighted by molar-refractivity contribution is 5.78. The number of hydrogen-bond acceptors (Lipinski definition) is 4. The lowest BCUT2D eigenvalue weighted by Crippen LogP contribution is -2.38. The van der Waals surface area contributed by atoms with E-state index in [-0.39, 0.29) is 30.1 Å². The molecule has 29 heavy (non-hydrogen) atoms. The van der Waals surface area contributed by atoms with Crippen LogP contribution in [0.5, 0.6) is 0 Å². The van der Waals surface area contributed by atoms with E-state index >= 15 is 0 Å². The summed E-state index contributed by atoms with van der Waals surface area (Å²) in [6.45, 7) is 4.38. The van der Waals surface area contributed by atoms with Gasteiger partial charge in [0.25, 0.3) is 5.56 Å². The van der Waals surface area contributed by atoms with Crippen LogP contribution in [0.4, 0.5) is 8.78 Å². The second-order valence-electron chi connectivity index (χ2n) is 6.79. The van der Waals surface area contributed by atoms with Crippen LogP contribution < -0.4 is 10.9 Å². The zero-order chi connectivity index (χ0) is 21.0. The number of carbonyl (C=O) groups excluding carboxylic acids is 1. The van der Waals surface area contributed by atoms with Crippen molar-refractivity contribution in [2.45, 2.75) is 26.4 Å². The number of nitrogens with one attached hydrogen (secondary N) is 2. The van der Waals surface area contributed by atoms with E-state index in [9.17, 15) is 18.4 Å². The first-order valence-corrected chi connectivity index (χ1v) is 9.32. The van der Waals surface area contributed by atoms with Gasteiger partial charge >= 0.3 is 0 Å². The van der Waals surface area contributed by atoms with E-state index < -0.39 is 17.7 Å². The van der Waals surface area contributed by atoms with Crippen LogP contribution in [0.15, 0.2) is 47.3 Å². The van der Waals surface area contributed by atoms with E-state index in [1.165, 1.54) is 6.07 Å².